The third kappa shape index (κ3) is 3.78. The maximum absolute atomic E-state index is 12.3. The summed E-state index contributed by atoms with van der Waals surface area (Å²) in [4.78, 5) is 13.4. The second-order valence-corrected chi connectivity index (χ2v) is 5.79. The summed E-state index contributed by atoms with van der Waals surface area (Å²) in [5.41, 5.74) is 2.41. The maximum Gasteiger partial charge on any atom is 0.255 e. The Hall–Kier alpha value is -1.45. The summed E-state index contributed by atoms with van der Waals surface area (Å²) in [5.74, 6) is 1.26. The van der Waals surface area contributed by atoms with Gasteiger partial charge in [-0.2, -0.15) is 0 Å². The molecular weight excluding hydrogens is 290 g/mol. The molecule has 104 valence electrons. The van der Waals surface area contributed by atoms with Crippen LogP contribution in [0.5, 0.6) is 0 Å². The molecule has 0 aromatic heterocycles. The lowest BCUT2D eigenvalue weighted by Gasteiger charge is -2.10. The van der Waals surface area contributed by atoms with Crippen LogP contribution in [-0.4, -0.2) is 11.7 Å². The zero-order valence-electron chi connectivity index (χ0n) is 11.2. The molecule has 2 rings (SSSR count). The minimum atomic E-state index is -0.110. The number of para-hydroxylation sites is 1. The van der Waals surface area contributed by atoms with Gasteiger partial charge in [-0.1, -0.05) is 31.2 Å². The molecule has 2 nitrogen and oxygen atoms in total. The molecule has 2 aromatic rings. The maximum atomic E-state index is 12.3. The quantitative estimate of drug-likeness (QED) is 0.635. The number of amides is 1. The molecule has 0 saturated carbocycles. The second-order valence-electron chi connectivity index (χ2n) is 4.22. The predicted octanol–water partition coefficient (Wildman–Crippen LogP) is 4.79. The predicted molar refractivity (Wildman–Crippen MR) is 86.8 cm³/mol. The Kier molecular flexibility index (Phi) is 5.50. The van der Waals surface area contributed by atoms with Gasteiger partial charge in [0.15, 0.2) is 0 Å². The van der Waals surface area contributed by atoms with Gasteiger partial charge >= 0.3 is 0 Å². The number of anilines is 1. The van der Waals surface area contributed by atoms with Crippen LogP contribution in [0.25, 0.3) is 0 Å². The van der Waals surface area contributed by atoms with Gasteiger partial charge in [0.2, 0.25) is 0 Å². The van der Waals surface area contributed by atoms with E-state index in [1.807, 2.05) is 42.5 Å². The fourth-order valence-corrected chi connectivity index (χ4v) is 2.77. The summed E-state index contributed by atoms with van der Waals surface area (Å²) in [6.07, 6.45) is 0. The first-order valence-corrected chi connectivity index (χ1v) is 7.94. The minimum Gasteiger partial charge on any atom is -0.321 e. The van der Waals surface area contributed by atoms with E-state index in [0.717, 1.165) is 21.9 Å². The lowest BCUT2D eigenvalue weighted by atomic mass is 10.1. The molecule has 1 N–H and O–H groups in total. The van der Waals surface area contributed by atoms with Crippen molar-refractivity contribution in [3.8, 4) is 0 Å². The van der Waals surface area contributed by atoms with E-state index in [1.165, 1.54) is 0 Å². The van der Waals surface area contributed by atoms with Crippen molar-refractivity contribution in [1.82, 2.24) is 0 Å². The summed E-state index contributed by atoms with van der Waals surface area (Å²) < 4.78 is 0. The number of carbonyl (C=O) groups is 1. The van der Waals surface area contributed by atoms with Crippen molar-refractivity contribution in [3.63, 3.8) is 0 Å². The molecule has 0 aliphatic carbocycles. The second kappa shape index (κ2) is 7.36. The molecule has 0 fully saturated rings. The van der Waals surface area contributed by atoms with Crippen LogP contribution in [-0.2, 0) is 5.88 Å². The Labute approximate surface area is 128 Å². The largest absolute Gasteiger partial charge is 0.321 e. The highest BCUT2D eigenvalue weighted by atomic mass is 35.5. The summed E-state index contributed by atoms with van der Waals surface area (Å²) >= 11 is 7.51. The number of hydrogen-bond donors (Lipinski definition) is 1. The smallest absolute Gasteiger partial charge is 0.255 e. The van der Waals surface area contributed by atoms with Gasteiger partial charge in [0, 0.05) is 16.3 Å². The molecular formula is C16H16ClNOS. The van der Waals surface area contributed by atoms with Crippen LogP contribution in [0, 0.1) is 0 Å². The van der Waals surface area contributed by atoms with Crippen molar-refractivity contribution in [1.29, 1.82) is 0 Å². The Morgan fingerprint density at radius 1 is 1.20 bits per heavy atom. The van der Waals surface area contributed by atoms with Gasteiger partial charge in [0.25, 0.3) is 5.91 Å². The van der Waals surface area contributed by atoms with E-state index in [1.54, 1.807) is 17.8 Å². The van der Waals surface area contributed by atoms with Gasteiger partial charge in [-0.25, -0.2) is 0 Å². The Balaban J connectivity index is 2.19. The fraction of sp³-hybridized carbons (Fsp3) is 0.188. The summed E-state index contributed by atoms with van der Waals surface area (Å²) in [6.45, 7) is 2.09. The van der Waals surface area contributed by atoms with Gasteiger partial charge in [0.1, 0.15) is 0 Å². The first-order valence-electron chi connectivity index (χ1n) is 6.42. The van der Waals surface area contributed by atoms with Crippen molar-refractivity contribution in [3.05, 3.63) is 59.7 Å². The number of halogens is 1. The molecule has 20 heavy (non-hydrogen) atoms. The molecule has 0 bridgehead atoms. The lowest BCUT2D eigenvalue weighted by Crippen LogP contribution is -2.12. The molecule has 0 radical (unpaired) electrons. The highest BCUT2D eigenvalue weighted by Crippen LogP contribution is 2.27. The van der Waals surface area contributed by atoms with Crippen LogP contribution in [0.1, 0.15) is 22.8 Å². The van der Waals surface area contributed by atoms with E-state index in [0.29, 0.717) is 11.4 Å². The van der Waals surface area contributed by atoms with E-state index >= 15 is 0 Å². The first-order chi connectivity index (χ1) is 9.74. The number of benzene rings is 2. The third-order valence-corrected chi connectivity index (χ3v) is 4.04. The lowest BCUT2D eigenvalue weighted by molar-refractivity contribution is 0.102. The minimum absolute atomic E-state index is 0.110. The number of nitrogens with one attached hydrogen (secondary N) is 1. The first kappa shape index (κ1) is 14.9. The van der Waals surface area contributed by atoms with Gasteiger partial charge in [0.05, 0.1) is 5.69 Å². The van der Waals surface area contributed by atoms with Crippen LogP contribution in [0.2, 0.25) is 0 Å². The molecule has 1 amide bonds. The number of alkyl halides is 1. The molecule has 0 spiro atoms. The molecule has 0 atom stereocenters. The van der Waals surface area contributed by atoms with Gasteiger partial charge in [-0.05, 0) is 35.6 Å². The standard InChI is InChI=1S/C16H16ClNOS/c1-2-20-15-9-4-3-8-14(15)18-16(19)13-7-5-6-12(10-13)11-17/h3-10H,2,11H2,1H3,(H,18,19). The third-order valence-electron chi connectivity index (χ3n) is 2.78. The molecule has 0 heterocycles. The van der Waals surface area contributed by atoms with Crippen LogP contribution < -0.4 is 5.32 Å². The fourth-order valence-electron chi connectivity index (χ4n) is 1.84. The molecule has 0 saturated heterocycles. The Morgan fingerprint density at radius 3 is 2.75 bits per heavy atom. The number of thioether (sulfide) groups is 1. The van der Waals surface area contributed by atoms with Crippen LogP contribution in [0.4, 0.5) is 5.69 Å². The highest BCUT2D eigenvalue weighted by Gasteiger charge is 2.09. The zero-order valence-corrected chi connectivity index (χ0v) is 12.8. The van der Waals surface area contributed by atoms with Crippen molar-refractivity contribution in [2.24, 2.45) is 0 Å². The summed E-state index contributed by atoms with van der Waals surface area (Å²) in [5, 5.41) is 2.96. The van der Waals surface area contributed by atoms with Crippen LogP contribution >= 0.6 is 23.4 Å². The Bertz CT molecular complexity index is 601. The number of hydrogen-bond acceptors (Lipinski definition) is 2. The monoisotopic (exact) mass is 305 g/mol. The SMILES string of the molecule is CCSc1ccccc1NC(=O)c1cccc(CCl)c1. The number of carbonyl (C=O) groups excluding carboxylic acids is 1. The summed E-state index contributed by atoms with van der Waals surface area (Å²) in [6, 6.07) is 15.2. The molecule has 0 unspecified atom stereocenters. The molecule has 0 aliphatic rings. The average Bonchev–Trinajstić information content (AvgIpc) is 2.49. The number of rotatable bonds is 5. The van der Waals surface area contributed by atoms with Gasteiger partial charge in [-0.15, -0.1) is 23.4 Å². The van der Waals surface area contributed by atoms with Gasteiger partial charge < -0.3 is 5.32 Å². The Morgan fingerprint density at radius 2 is 2.00 bits per heavy atom. The molecule has 2 aromatic carbocycles. The van der Waals surface area contributed by atoms with Crippen LogP contribution in [0.3, 0.4) is 0 Å². The van der Waals surface area contributed by atoms with E-state index in [4.69, 9.17) is 11.6 Å². The van der Waals surface area contributed by atoms with E-state index in [2.05, 4.69) is 12.2 Å². The van der Waals surface area contributed by atoms with Gasteiger partial charge in [-0.3, -0.25) is 4.79 Å². The zero-order chi connectivity index (χ0) is 14.4. The van der Waals surface area contributed by atoms with Crippen molar-refractivity contribution < 1.29 is 4.79 Å². The topological polar surface area (TPSA) is 29.1 Å². The van der Waals surface area contributed by atoms with E-state index in [9.17, 15) is 4.79 Å². The summed E-state index contributed by atoms with van der Waals surface area (Å²) in [7, 11) is 0. The van der Waals surface area contributed by atoms with Crippen molar-refractivity contribution >= 4 is 35.0 Å². The highest BCUT2D eigenvalue weighted by molar-refractivity contribution is 7.99. The van der Waals surface area contributed by atoms with E-state index in [-0.39, 0.29) is 5.91 Å². The molecule has 0 aliphatic heterocycles. The molecule has 4 heteroatoms. The van der Waals surface area contributed by atoms with Crippen molar-refractivity contribution in [2.45, 2.75) is 17.7 Å². The van der Waals surface area contributed by atoms with Crippen molar-refractivity contribution in [2.75, 3.05) is 11.1 Å². The van der Waals surface area contributed by atoms with Crippen LogP contribution in [0.15, 0.2) is 53.4 Å². The van der Waals surface area contributed by atoms with E-state index < -0.39 is 0 Å². The normalized spacial score (nSPS) is 10.3. The average molecular weight is 306 g/mol.